The second-order valence-electron chi connectivity index (χ2n) is 4.01. The summed E-state index contributed by atoms with van der Waals surface area (Å²) in [4.78, 5) is 23.5. The van der Waals surface area contributed by atoms with Crippen LogP contribution in [0.2, 0.25) is 0 Å². The van der Waals surface area contributed by atoms with Crippen LogP contribution in [0.25, 0.3) is 0 Å². The molecule has 0 spiro atoms. The Balaban J connectivity index is 2.57. The fourth-order valence-electron chi connectivity index (χ4n) is 1.38. The van der Waals surface area contributed by atoms with Gasteiger partial charge >= 0.3 is 12.0 Å². The highest BCUT2D eigenvalue weighted by Crippen LogP contribution is 2.05. The number of halogens is 1. The first-order chi connectivity index (χ1) is 8.93. The fraction of sp³-hybridized carbons (Fsp3) is 0.333. The van der Waals surface area contributed by atoms with Gasteiger partial charge in [0.2, 0.25) is 0 Å². The number of benzene rings is 1. The number of urea groups is 1. The van der Waals surface area contributed by atoms with E-state index in [4.69, 9.17) is 10.2 Å². The van der Waals surface area contributed by atoms with E-state index < -0.39 is 24.6 Å². The Morgan fingerprint density at radius 1 is 1.37 bits per heavy atom. The van der Waals surface area contributed by atoms with Gasteiger partial charge < -0.3 is 20.4 Å². The molecule has 0 radical (unpaired) electrons. The Kier molecular flexibility index (Phi) is 5.25. The average Bonchev–Trinajstić information content (AvgIpc) is 2.37. The highest BCUT2D eigenvalue weighted by atomic mass is 19.1. The Bertz CT molecular complexity index is 450. The summed E-state index contributed by atoms with van der Waals surface area (Å²) in [5.41, 5.74) is 0.704. The van der Waals surface area contributed by atoms with Gasteiger partial charge in [0.15, 0.2) is 6.04 Å². The van der Waals surface area contributed by atoms with Crippen molar-refractivity contribution in [3.63, 3.8) is 0 Å². The molecule has 3 N–H and O–H groups in total. The van der Waals surface area contributed by atoms with E-state index in [0.717, 1.165) is 0 Å². The SMILES string of the molecule is CN(Cc1ccc(F)cc1)C(=O)N[C@@H](CO)C(=O)O. The maximum absolute atomic E-state index is 12.7. The van der Waals surface area contributed by atoms with Gasteiger partial charge in [-0.2, -0.15) is 0 Å². The van der Waals surface area contributed by atoms with Crippen LogP contribution in [0.3, 0.4) is 0 Å². The number of nitrogens with zero attached hydrogens (tertiary/aromatic N) is 1. The molecule has 1 aromatic rings. The standard InChI is InChI=1S/C12H15FN2O4/c1-15(6-8-2-4-9(13)5-3-8)12(19)14-10(7-16)11(17)18/h2-5,10,16H,6-7H2,1H3,(H,14,19)(H,17,18)/t10-/m0/s1. The Morgan fingerprint density at radius 3 is 2.42 bits per heavy atom. The zero-order valence-electron chi connectivity index (χ0n) is 10.3. The van der Waals surface area contributed by atoms with Crippen LogP contribution in [0.5, 0.6) is 0 Å². The summed E-state index contributed by atoms with van der Waals surface area (Å²) in [5.74, 6) is -1.69. The molecule has 7 heteroatoms. The van der Waals surface area contributed by atoms with Crippen LogP contribution in [0.15, 0.2) is 24.3 Å². The molecule has 0 heterocycles. The molecule has 0 aliphatic rings. The largest absolute Gasteiger partial charge is 0.480 e. The molecule has 2 amide bonds. The molecule has 6 nitrogen and oxygen atoms in total. The first-order valence-electron chi connectivity index (χ1n) is 5.53. The van der Waals surface area contributed by atoms with Crippen LogP contribution < -0.4 is 5.32 Å². The van der Waals surface area contributed by atoms with E-state index in [1.165, 1.54) is 36.2 Å². The van der Waals surface area contributed by atoms with E-state index >= 15 is 0 Å². The fourth-order valence-corrected chi connectivity index (χ4v) is 1.38. The van der Waals surface area contributed by atoms with Crippen LogP contribution in [-0.2, 0) is 11.3 Å². The number of hydrogen-bond donors (Lipinski definition) is 3. The Labute approximate surface area is 109 Å². The molecule has 0 bridgehead atoms. The maximum atomic E-state index is 12.7. The molecule has 0 saturated heterocycles. The molecular weight excluding hydrogens is 255 g/mol. The number of rotatable bonds is 5. The molecule has 1 rings (SSSR count). The Hall–Kier alpha value is -2.15. The predicted molar refractivity (Wildman–Crippen MR) is 64.9 cm³/mol. The van der Waals surface area contributed by atoms with Gasteiger partial charge in [-0.1, -0.05) is 12.1 Å². The number of carboxylic acids is 1. The van der Waals surface area contributed by atoms with E-state index in [1.807, 2.05) is 0 Å². The van der Waals surface area contributed by atoms with Crippen LogP contribution in [-0.4, -0.2) is 46.8 Å². The van der Waals surface area contributed by atoms with Crippen molar-refractivity contribution in [2.24, 2.45) is 0 Å². The number of hydrogen-bond acceptors (Lipinski definition) is 3. The van der Waals surface area contributed by atoms with Crippen molar-refractivity contribution in [3.05, 3.63) is 35.6 Å². The predicted octanol–water partition coefficient (Wildman–Crippen LogP) is 0.413. The van der Waals surface area contributed by atoms with Crippen LogP contribution in [0.4, 0.5) is 9.18 Å². The maximum Gasteiger partial charge on any atom is 0.328 e. The number of carbonyl (C=O) groups excluding carboxylic acids is 1. The zero-order chi connectivity index (χ0) is 14.4. The molecule has 1 aromatic carbocycles. The van der Waals surface area contributed by atoms with Crippen molar-refractivity contribution in [2.75, 3.05) is 13.7 Å². The number of aliphatic carboxylic acids is 1. The van der Waals surface area contributed by atoms with Gasteiger partial charge in [0.25, 0.3) is 0 Å². The van der Waals surface area contributed by atoms with Crippen molar-refractivity contribution >= 4 is 12.0 Å². The van der Waals surface area contributed by atoms with Gasteiger partial charge in [0, 0.05) is 13.6 Å². The van der Waals surface area contributed by atoms with E-state index in [2.05, 4.69) is 5.32 Å². The number of carbonyl (C=O) groups is 2. The molecule has 19 heavy (non-hydrogen) atoms. The number of amides is 2. The van der Waals surface area contributed by atoms with Crippen LogP contribution >= 0.6 is 0 Å². The number of aliphatic hydroxyl groups is 1. The minimum Gasteiger partial charge on any atom is -0.480 e. The second kappa shape index (κ2) is 6.69. The molecule has 104 valence electrons. The summed E-state index contributed by atoms with van der Waals surface area (Å²) in [5, 5.41) is 19.6. The summed E-state index contributed by atoms with van der Waals surface area (Å²) in [6.45, 7) is -0.491. The first-order valence-corrected chi connectivity index (χ1v) is 5.53. The van der Waals surface area contributed by atoms with Gasteiger partial charge in [-0.25, -0.2) is 14.0 Å². The summed E-state index contributed by atoms with van der Waals surface area (Å²) in [6.07, 6.45) is 0. The van der Waals surface area contributed by atoms with E-state index in [0.29, 0.717) is 5.56 Å². The average molecular weight is 270 g/mol. The van der Waals surface area contributed by atoms with Crippen molar-refractivity contribution in [1.82, 2.24) is 10.2 Å². The van der Waals surface area contributed by atoms with Gasteiger partial charge in [0.1, 0.15) is 5.82 Å². The summed E-state index contributed by atoms with van der Waals surface area (Å²) in [6, 6.07) is 3.62. The topological polar surface area (TPSA) is 89.9 Å². The van der Waals surface area contributed by atoms with Gasteiger partial charge in [-0.15, -0.1) is 0 Å². The lowest BCUT2D eigenvalue weighted by Crippen LogP contribution is -2.48. The zero-order valence-corrected chi connectivity index (χ0v) is 10.3. The van der Waals surface area contributed by atoms with Gasteiger partial charge in [-0.05, 0) is 17.7 Å². The molecule has 0 aliphatic carbocycles. The lowest BCUT2D eigenvalue weighted by Gasteiger charge is -2.20. The lowest BCUT2D eigenvalue weighted by atomic mass is 10.2. The number of aliphatic hydroxyl groups excluding tert-OH is 1. The molecule has 0 aliphatic heterocycles. The molecule has 0 aromatic heterocycles. The van der Waals surface area contributed by atoms with E-state index in [-0.39, 0.29) is 12.4 Å². The molecule has 0 saturated carbocycles. The van der Waals surface area contributed by atoms with Crippen molar-refractivity contribution in [2.45, 2.75) is 12.6 Å². The third kappa shape index (κ3) is 4.55. The molecule has 0 fully saturated rings. The lowest BCUT2D eigenvalue weighted by molar-refractivity contribution is -0.140. The molecular formula is C12H15FN2O4. The number of nitrogens with one attached hydrogen (secondary N) is 1. The van der Waals surface area contributed by atoms with E-state index in [1.54, 1.807) is 0 Å². The Morgan fingerprint density at radius 2 is 1.95 bits per heavy atom. The van der Waals surface area contributed by atoms with E-state index in [9.17, 15) is 14.0 Å². The normalized spacial score (nSPS) is 11.7. The highest BCUT2D eigenvalue weighted by molar-refractivity contribution is 5.82. The number of carboxylic acid groups (broad SMARTS) is 1. The first kappa shape index (κ1) is 14.9. The van der Waals surface area contributed by atoms with Gasteiger partial charge in [-0.3, -0.25) is 0 Å². The van der Waals surface area contributed by atoms with Crippen molar-refractivity contribution in [1.29, 1.82) is 0 Å². The highest BCUT2D eigenvalue weighted by Gasteiger charge is 2.20. The third-order valence-corrected chi connectivity index (χ3v) is 2.46. The quantitative estimate of drug-likeness (QED) is 0.723. The minimum atomic E-state index is -1.34. The van der Waals surface area contributed by atoms with Crippen LogP contribution in [0.1, 0.15) is 5.56 Å². The monoisotopic (exact) mass is 270 g/mol. The molecule has 1 atom stereocenters. The summed E-state index contributed by atoms with van der Waals surface area (Å²) in [7, 11) is 1.47. The molecule has 0 unspecified atom stereocenters. The van der Waals surface area contributed by atoms with Crippen molar-refractivity contribution in [3.8, 4) is 0 Å². The summed E-state index contributed by atoms with van der Waals surface area (Å²) >= 11 is 0. The third-order valence-electron chi connectivity index (χ3n) is 2.46. The van der Waals surface area contributed by atoms with Crippen molar-refractivity contribution < 1.29 is 24.2 Å². The minimum absolute atomic E-state index is 0.198. The van der Waals surface area contributed by atoms with Gasteiger partial charge in [0.05, 0.1) is 6.61 Å². The summed E-state index contributed by atoms with van der Waals surface area (Å²) < 4.78 is 12.7. The smallest absolute Gasteiger partial charge is 0.328 e. The second-order valence-corrected chi connectivity index (χ2v) is 4.01. The van der Waals surface area contributed by atoms with Crippen LogP contribution in [0, 0.1) is 5.82 Å².